The Balaban J connectivity index is 1.31. The highest BCUT2D eigenvalue weighted by Gasteiger charge is 2.22. The van der Waals surface area contributed by atoms with Crippen LogP contribution >= 0.6 is 11.3 Å². The van der Waals surface area contributed by atoms with Crippen LogP contribution in [-0.4, -0.2) is 82.0 Å². The Kier molecular flexibility index (Phi) is 9.29. The number of para-hydroxylation sites is 1. The number of thiazole rings is 1. The summed E-state index contributed by atoms with van der Waals surface area (Å²) in [5.74, 6) is 2.22. The van der Waals surface area contributed by atoms with Gasteiger partial charge in [0.1, 0.15) is 11.3 Å². The smallest absolute Gasteiger partial charge is 0.251 e. The summed E-state index contributed by atoms with van der Waals surface area (Å²) >= 11 is 1.70. The van der Waals surface area contributed by atoms with Gasteiger partial charge >= 0.3 is 0 Å². The number of carbonyl (C=O) groups is 1. The van der Waals surface area contributed by atoms with Crippen molar-refractivity contribution in [3.8, 4) is 23.0 Å². The van der Waals surface area contributed by atoms with E-state index in [0.29, 0.717) is 49.2 Å². The van der Waals surface area contributed by atoms with Gasteiger partial charge in [-0.25, -0.2) is 4.98 Å². The van der Waals surface area contributed by atoms with Crippen molar-refractivity contribution in [3.05, 3.63) is 35.9 Å². The number of nitrogens with zero attached hydrogens (tertiary/aromatic N) is 3. The van der Waals surface area contributed by atoms with Crippen molar-refractivity contribution in [2.75, 3.05) is 71.1 Å². The van der Waals surface area contributed by atoms with Crippen molar-refractivity contribution in [2.45, 2.75) is 20.8 Å². The molecule has 200 valence electrons. The molecule has 2 aromatic carbocycles. The molecule has 0 saturated carbocycles. The van der Waals surface area contributed by atoms with Gasteiger partial charge in [0.15, 0.2) is 16.6 Å². The molecule has 37 heavy (non-hydrogen) atoms. The van der Waals surface area contributed by atoms with E-state index in [4.69, 9.17) is 23.9 Å². The summed E-state index contributed by atoms with van der Waals surface area (Å²) in [6.07, 6.45) is 0. The Morgan fingerprint density at radius 1 is 0.973 bits per heavy atom. The standard InChI is InChI=1S/C27H36N4O5S/c1-5-34-21-17-19(18-22(35-6-2)25(21)36-7-3)26(32)28-11-12-30-13-15-31(16-14-30)27-29-24-20(33-4)9-8-10-23(24)37-27/h8-10,17-18H,5-7,11-16H2,1-4H3,(H,28,32). The van der Waals surface area contributed by atoms with E-state index in [1.165, 1.54) is 0 Å². The molecule has 1 aromatic heterocycles. The first-order valence-electron chi connectivity index (χ1n) is 12.8. The van der Waals surface area contributed by atoms with Crippen LogP contribution in [0.25, 0.3) is 10.2 Å². The quantitative estimate of drug-likeness (QED) is 0.377. The lowest BCUT2D eigenvalue weighted by Crippen LogP contribution is -2.48. The van der Waals surface area contributed by atoms with Crippen LogP contribution in [0.15, 0.2) is 30.3 Å². The molecule has 0 radical (unpaired) electrons. The highest BCUT2D eigenvalue weighted by molar-refractivity contribution is 7.22. The zero-order valence-electron chi connectivity index (χ0n) is 22.0. The van der Waals surface area contributed by atoms with Gasteiger partial charge in [-0.3, -0.25) is 9.69 Å². The average Bonchev–Trinajstić information content (AvgIpc) is 3.35. The maximum atomic E-state index is 12.9. The number of rotatable bonds is 12. The molecular formula is C27H36N4O5S. The zero-order valence-corrected chi connectivity index (χ0v) is 22.9. The molecule has 9 nitrogen and oxygen atoms in total. The minimum Gasteiger partial charge on any atom is -0.494 e. The van der Waals surface area contributed by atoms with Gasteiger partial charge in [0, 0.05) is 44.8 Å². The fourth-order valence-electron chi connectivity index (χ4n) is 4.32. The summed E-state index contributed by atoms with van der Waals surface area (Å²) in [7, 11) is 1.68. The summed E-state index contributed by atoms with van der Waals surface area (Å²) in [5, 5.41) is 4.07. The van der Waals surface area contributed by atoms with Gasteiger partial charge in [0.25, 0.3) is 5.91 Å². The highest BCUT2D eigenvalue weighted by atomic mass is 32.1. The van der Waals surface area contributed by atoms with Crippen LogP contribution < -0.4 is 29.2 Å². The van der Waals surface area contributed by atoms with Gasteiger partial charge in [0.2, 0.25) is 5.75 Å². The van der Waals surface area contributed by atoms with Crippen LogP contribution in [0.4, 0.5) is 5.13 Å². The van der Waals surface area contributed by atoms with E-state index in [2.05, 4.69) is 21.2 Å². The maximum absolute atomic E-state index is 12.9. The lowest BCUT2D eigenvalue weighted by atomic mass is 10.1. The molecule has 0 atom stereocenters. The molecule has 3 aromatic rings. The normalized spacial score (nSPS) is 14.0. The molecule has 0 unspecified atom stereocenters. The van der Waals surface area contributed by atoms with Crippen LogP contribution in [0.3, 0.4) is 0 Å². The average molecular weight is 529 g/mol. The number of nitrogens with one attached hydrogen (secondary N) is 1. The first kappa shape index (κ1) is 26.8. The van der Waals surface area contributed by atoms with Crippen molar-refractivity contribution < 1.29 is 23.7 Å². The Morgan fingerprint density at radius 2 is 1.65 bits per heavy atom. The Morgan fingerprint density at radius 3 is 2.27 bits per heavy atom. The van der Waals surface area contributed by atoms with E-state index in [1.54, 1.807) is 30.6 Å². The third-order valence-corrected chi connectivity index (χ3v) is 7.20. The number of ether oxygens (including phenoxy) is 4. The minimum absolute atomic E-state index is 0.160. The number of benzene rings is 2. The largest absolute Gasteiger partial charge is 0.494 e. The molecule has 1 aliphatic heterocycles. The summed E-state index contributed by atoms with van der Waals surface area (Å²) in [6, 6.07) is 9.46. The van der Waals surface area contributed by atoms with Crippen LogP contribution in [0.2, 0.25) is 0 Å². The van der Waals surface area contributed by atoms with Crippen LogP contribution in [0, 0.1) is 0 Å². The van der Waals surface area contributed by atoms with Crippen molar-refractivity contribution in [1.82, 2.24) is 15.2 Å². The first-order chi connectivity index (χ1) is 18.1. The van der Waals surface area contributed by atoms with Crippen LogP contribution in [0.1, 0.15) is 31.1 Å². The van der Waals surface area contributed by atoms with Crippen molar-refractivity contribution in [2.24, 2.45) is 0 Å². The number of fused-ring (bicyclic) bond motifs is 1. The fraction of sp³-hybridized carbons (Fsp3) is 0.481. The number of aromatic nitrogens is 1. The van der Waals surface area contributed by atoms with Crippen LogP contribution in [-0.2, 0) is 0 Å². The molecule has 0 spiro atoms. The molecule has 0 bridgehead atoms. The second-order valence-corrected chi connectivity index (χ2v) is 9.50. The molecule has 0 aliphatic carbocycles. The number of hydrogen-bond acceptors (Lipinski definition) is 9. The fourth-order valence-corrected chi connectivity index (χ4v) is 5.36. The molecular weight excluding hydrogens is 492 g/mol. The number of carbonyl (C=O) groups excluding carboxylic acids is 1. The van der Waals surface area contributed by atoms with Crippen molar-refractivity contribution in [3.63, 3.8) is 0 Å². The summed E-state index contributed by atoms with van der Waals surface area (Å²) in [4.78, 5) is 22.4. The minimum atomic E-state index is -0.160. The number of anilines is 1. The monoisotopic (exact) mass is 528 g/mol. The van der Waals surface area contributed by atoms with E-state index in [0.717, 1.165) is 53.8 Å². The van der Waals surface area contributed by atoms with Gasteiger partial charge in [-0.1, -0.05) is 17.4 Å². The predicted molar refractivity (Wildman–Crippen MR) is 147 cm³/mol. The number of hydrogen-bond donors (Lipinski definition) is 1. The maximum Gasteiger partial charge on any atom is 0.251 e. The Labute approximate surface area is 222 Å². The lowest BCUT2D eigenvalue weighted by molar-refractivity contribution is 0.0946. The van der Waals surface area contributed by atoms with E-state index in [9.17, 15) is 4.79 Å². The van der Waals surface area contributed by atoms with Crippen LogP contribution in [0.5, 0.6) is 23.0 Å². The number of piperazine rings is 1. The van der Waals surface area contributed by atoms with Gasteiger partial charge in [-0.05, 0) is 45.0 Å². The summed E-state index contributed by atoms with van der Waals surface area (Å²) in [5.41, 5.74) is 1.41. The molecule has 1 aliphatic rings. The molecule has 4 rings (SSSR count). The first-order valence-corrected chi connectivity index (χ1v) is 13.6. The van der Waals surface area contributed by atoms with Gasteiger partial charge in [0.05, 0.1) is 31.6 Å². The molecule has 1 N–H and O–H groups in total. The number of amides is 1. The van der Waals surface area contributed by atoms with Gasteiger partial charge < -0.3 is 29.2 Å². The van der Waals surface area contributed by atoms with Crippen molar-refractivity contribution in [1.29, 1.82) is 0 Å². The third kappa shape index (κ3) is 6.37. The molecule has 1 saturated heterocycles. The van der Waals surface area contributed by atoms with Crippen molar-refractivity contribution >= 4 is 32.6 Å². The Hall–Kier alpha value is -3.24. The molecule has 2 heterocycles. The lowest BCUT2D eigenvalue weighted by Gasteiger charge is -2.34. The SMILES string of the molecule is CCOc1cc(C(=O)NCCN2CCN(c3nc4c(OC)cccc4s3)CC2)cc(OCC)c1OCC. The topological polar surface area (TPSA) is 85.4 Å². The Bertz CT molecular complexity index is 1170. The predicted octanol–water partition coefficient (Wildman–Crippen LogP) is 4.05. The zero-order chi connectivity index (χ0) is 26.2. The van der Waals surface area contributed by atoms with Gasteiger partial charge in [-0.2, -0.15) is 0 Å². The molecule has 1 amide bonds. The van der Waals surface area contributed by atoms with E-state index in [1.807, 2.05) is 32.9 Å². The highest BCUT2D eigenvalue weighted by Crippen LogP contribution is 2.39. The summed E-state index contributed by atoms with van der Waals surface area (Å²) in [6.45, 7) is 12.1. The molecule has 10 heteroatoms. The van der Waals surface area contributed by atoms with E-state index < -0.39 is 0 Å². The second-order valence-electron chi connectivity index (χ2n) is 8.49. The third-order valence-electron chi connectivity index (χ3n) is 6.12. The number of methoxy groups -OCH3 is 1. The summed E-state index contributed by atoms with van der Waals surface area (Å²) < 4.78 is 23.8. The van der Waals surface area contributed by atoms with E-state index in [-0.39, 0.29) is 5.91 Å². The molecule has 1 fully saturated rings. The second kappa shape index (κ2) is 12.8. The van der Waals surface area contributed by atoms with Gasteiger partial charge in [-0.15, -0.1) is 0 Å². The van der Waals surface area contributed by atoms with E-state index >= 15 is 0 Å².